The Bertz CT molecular complexity index is 751. The normalized spacial score (nSPS) is 12.5. The van der Waals surface area contributed by atoms with Crippen molar-refractivity contribution in [3.05, 3.63) is 29.8 Å². The average Bonchev–Trinajstić information content (AvgIpc) is 2.72. The molecule has 1 N–H and O–H groups in total. The Kier molecular flexibility index (Phi) is 12.2. The van der Waals surface area contributed by atoms with Gasteiger partial charge in [-0.15, -0.1) is 11.8 Å². The number of thioether (sulfide) groups is 1. The zero-order valence-electron chi connectivity index (χ0n) is 19.3. The third-order valence-corrected chi connectivity index (χ3v) is 7.10. The highest BCUT2D eigenvalue weighted by atomic mass is 32.2. The van der Waals surface area contributed by atoms with Crippen molar-refractivity contribution in [2.45, 2.75) is 45.1 Å². The predicted molar refractivity (Wildman–Crippen MR) is 124 cm³/mol. The summed E-state index contributed by atoms with van der Waals surface area (Å²) < 4.78 is 28.6. The number of amides is 2. The highest BCUT2D eigenvalue weighted by molar-refractivity contribution is 7.98. The largest absolute Gasteiger partial charge is 0.467 e. The van der Waals surface area contributed by atoms with Crippen molar-refractivity contribution in [2.75, 3.05) is 39.4 Å². The molecule has 31 heavy (non-hydrogen) atoms. The molecule has 0 unspecified atom stereocenters. The number of benzene rings is 1. The van der Waals surface area contributed by atoms with E-state index in [-0.39, 0.29) is 31.8 Å². The van der Waals surface area contributed by atoms with Crippen LogP contribution < -0.4 is 5.32 Å². The Labute approximate surface area is 189 Å². The summed E-state index contributed by atoms with van der Waals surface area (Å²) in [5, 5.41) is 2.75. The third-order valence-electron chi connectivity index (χ3n) is 4.27. The molecule has 1 aromatic carbocycles. The predicted octanol–water partition coefficient (Wildman–Crippen LogP) is 4.38. The standard InChI is InChI=1S/C21H35N2O6PS/c1-7-28-30(26,29-8-2)15-23(14-16(3)4)21(25)22-18(20(24)27-5)13-17-11-9-10-12-19(17)31-6/h9-12,16,18H,7-8,13-15H2,1-6H3,(H,22,25)/t18-/m0/s1. The molecule has 0 bridgehead atoms. The van der Waals surface area contributed by atoms with Crippen LogP contribution in [0.5, 0.6) is 0 Å². The lowest BCUT2D eigenvalue weighted by atomic mass is 10.1. The molecule has 10 heteroatoms. The molecular weight excluding hydrogens is 439 g/mol. The van der Waals surface area contributed by atoms with Crippen molar-refractivity contribution in [1.82, 2.24) is 10.2 Å². The summed E-state index contributed by atoms with van der Waals surface area (Å²) in [5.74, 6) is -0.442. The van der Waals surface area contributed by atoms with E-state index in [0.29, 0.717) is 6.54 Å². The summed E-state index contributed by atoms with van der Waals surface area (Å²) in [6, 6.07) is 6.27. The lowest BCUT2D eigenvalue weighted by molar-refractivity contribution is -0.142. The number of nitrogens with zero attached hydrogens (tertiary/aromatic N) is 1. The second-order valence-electron chi connectivity index (χ2n) is 7.25. The molecule has 0 aliphatic heterocycles. The topological polar surface area (TPSA) is 94.2 Å². The van der Waals surface area contributed by atoms with Gasteiger partial charge in [-0.3, -0.25) is 4.57 Å². The molecule has 0 saturated heterocycles. The zero-order chi connectivity index (χ0) is 23.4. The SMILES string of the molecule is CCOP(=O)(CN(CC(C)C)C(=O)N[C@@H](Cc1ccccc1SC)C(=O)OC)OCC. The van der Waals surface area contributed by atoms with E-state index >= 15 is 0 Å². The first kappa shape index (κ1) is 27.5. The van der Waals surface area contributed by atoms with Crippen LogP contribution in [0.3, 0.4) is 0 Å². The number of hydrogen-bond donors (Lipinski definition) is 1. The van der Waals surface area contributed by atoms with Gasteiger partial charge in [-0.25, -0.2) is 9.59 Å². The summed E-state index contributed by atoms with van der Waals surface area (Å²) in [7, 11) is -2.21. The van der Waals surface area contributed by atoms with Crippen molar-refractivity contribution in [2.24, 2.45) is 5.92 Å². The maximum atomic E-state index is 13.1. The Morgan fingerprint density at radius 1 is 1.16 bits per heavy atom. The van der Waals surface area contributed by atoms with E-state index in [4.69, 9.17) is 13.8 Å². The number of esters is 1. The third kappa shape index (κ3) is 9.23. The molecule has 0 aromatic heterocycles. The van der Waals surface area contributed by atoms with Gasteiger partial charge in [-0.05, 0) is 37.7 Å². The second-order valence-corrected chi connectivity index (χ2v) is 10.1. The molecule has 0 aliphatic carbocycles. The Balaban J connectivity index is 3.09. The van der Waals surface area contributed by atoms with Crippen LogP contribution in [0.2, 0.25) is 0 Å². The van der Waals surface area contributed by atoms with Gasteiger partial charge in [0.2, 0.25) is 0 Å². The van der Waals surface area contributed by atoms with Gasteiger partial charge in [-0.1, -0.05) is 32.0 Å². The molecule has 0 radical (unpaired) electrons. The molecular formula is C21H35N2O6PS. The number of ether oxygens (including phenoxy) is 1. The molecule has 2 amide bonds. The highest BCUT2D eigenvalue weighted by Gasteiger charge is 2.32. The summed E-state index contributed by atoms with van der Waals surface area (Å²) in [6.07, 6.45) is 2.03. The highest BCUT2D eigenvalue weighted by Crippen LogP contribution is 2.48. The first-order valence-electron chi connectivity index (χ1n) is 10.3. The van der Waals surface area contributed by atoms with Crippen LogP contribution in [-0.4, -0.2) is 62.4 Å². The zero-order valence-corrected chi connectivity index (χ0v) is 21.0. The summed E-state index contributed by atoms with van der Waals surface area (Å²) in [6.45, 7) is 8.04. The minimum atomic E-state index is -3.49. The van der Waals surface area contributed by atoms with Crippen LogP contribution in [-0.2, 0) is 29.6 Å². The van der Waals surface area contributed by atoms with Gasteiger partial charge in [0.15, 0.2) is 0 Å². The first-order chi connectivity index (χ1) is 14.7. The Hall–Kier alpha value is -1.54. The van der Waals surface area contributed by atoms with Crippen LogP contribution in [0, 0.1) is 5.92 Å². The Morgan fingerprint density at radius 2 is 1.77 bits per heavy atom. The quantitative estimate of drug-likeness (QED) is 0.257. The van der Waals surface area contributed by atoms with Gasteiger partial charge in [0.25, 0.3) is 0 Å². The van der Waals surface area contributed by atoms with Crippen LogP contribution in [0.4, 0.5) is 4.79 Å². The fourth-order valence-electron chi connectivity index (χ4n) is 3.03. The number of carbonyl (C=O) groups is 2. The summed E-state index contributed by atoms with van der Waals surface area (Å²) in [5.41, 5.74) is 0.926. The van der Waals surface area contributed by atoms with Crippen molar-refractivity contribution < 1.29 is 27.9 Å². The molecule has 1 atom stereocenters. The summed E-state index contributed by atoms with van der Waals surface area (Å²) in [4.78, 5) is 27.9. The maximum absolute atomic E-state index is 13.1. The molecule has 176 valence electrons. The van der Waals surface area contributed by atoms with Crippen molar-refractivity contribution in [3.63, 3.8) is 0 Å². The van der Waals surface area contributed by atoms with Gasteiger partial charge >= 0.3 is 19.6 Å². The van der Waals surface area contributed by atoms with Gasteiger partial charge < -0.3 is 24.0 Å². The van der Waals surface area contributed by atoms with E-state index in [1.807, 2.05) is 44.4 Å². The number of rotatable bonds is 13. The smallest absolute Gasteiger partial charge is 0.349 e. The molecule has 0 aliphatic rings. The van der Waals surface area contributed by atoms with Gasteiger partial charge in [0, 0.05) is 17.9 Å². The molecule has 0 saturated carbocycles. The van der Waals surface area contributed by atoms with E-state index in [2.05, 4.69) is 5.32 Å². The van der Waals surface area contributed by atoms with Crippen LogP contribution in [0.15, 0.2) is 29.2 Å². The molecule has 1 aromatic rings. The number of methoxy groups -OCH3 is 1. The van der Waals surface area contributed by atoms with Crippen LogP contribution in [0.1, 0.15) is 33.3 Å². The fraction of sp³-hybridized carbons (Fsp3) is 0.619. The monoisotopic (exact) mass is 474 g/mol. The van der Waals surface area contributed by atoms with E-state index in [1.165, 1.54) is 12.0 Å². The summed E-state index contributed by atoms with van der Waals surface area (Å²) >= 11 is 1.56. The van der Waals surface area contributed by atoms with E-state index in [9.17, 15) is 14.2 Å². The molecule has 8 nitrogen and oxygen atoms in total. The van der Waals surface area contributed by atoms with Crippen molar-refractivity contribution in [3.8, 4) is 0 Å². The number of carbonyl (C=O) groups excluding carboxylic acids is 2. The maximum Gasteiger partial charge on any atom is 0.349 e. The van der Waals surface area contributed by atoms with Crippen LogP contribution in [0.25, 0.3) is 0 Å². The van der Waals surface area contributed by atoms with Crippen LogP contribution >= 0.6 is 19.4 Å². The molecule has 0 spiro atoms. The first-order valence-corrected chi connectivity index (χ1v) is 13.3. The number of nitrogens with one attached hydrogen (secondary N) is 1. The van der Waals surface area contributed by atoms with Gasteiger partial charge in [-0.2, -0.15) is 0 Å². The van der Waals surface area contributed by atoms with Crippen molar-refractivity contribution >= 4 is 31.4 Å². The van der Waals surface area contributed by atoms with Crippen molar-refractivity contribution in [1.29, 1.82) is 0 Å². The average molecular weight is 475 g/mol. The lowest BCUT2D eigenvalue weighted by Gasteiger charge is -2.30. The number of urea groups is 1. The minimum Gasteiger partial charge on any atom is -0.467 e. The van der Waals surface area contributed by atoms with E-state index in [1.54, 1.807) is 25.6 Å². The molecule has 0 heterocycles. The minimum absolute atomic E-state index is 0.108. The van der Waals surface area contributed by atoms with Gasteiger partial charge in [0.1, 0.15) is 12.3 Å². The Morgan fingerprint density at radius 3 is 2.29 bits per heavy atom. The fourth-order valence-corrected chi connectivity index (χ4v) is 5.35. The second kappa shape index (κ2) is 13.8. The molecule has 0 fully saturated rings. The lowest BCUT2D eigenvalue weighted by Crippen LogP contribution is -2.50. The molecule has 1 rings (SSSR count). The van der Waals surface area contributed by atoms with Gasteiger partial charge in [0.05, 0.1) is 20.3 Å². The number of hydrogen-bond acceptors (Lipinski definition) is 7. The van der Waals surface area contributed by atoms with E-state index in [0.717, 1.165) is 10.5 Å². The van der Waals surface area contributed by atoms with E-state index < -0.39 is 25.6 Å².